The van der Waals surface area contributed by atoms with Crippen molar-refractivity contribution in [2.45, 2.75) is 58.0 Å². The maximum atomic E-state index is 12.3. The fourth-order valence-corrected chi connectivity index (χ4v) is 3.04. The lowest BCUT2D eigenvalue weighted by atomic mass is 10.1. The van der Waals surface area contributed by atoms with Gasteiger partial charge in [-0.1, -0.05) is 50.3 Å². The molecular formula is C24H32N2O4. The summed E-state index contributed by atoms with van der Waals surface area (Å²) >= 11 is 0. The number of rotatable bonds is 14. The van der Waals surface area contributed by atoms with Crippen LogP contribution in [0.5, 0.6) is 11.5 Å². The van der Waals surface area contributed by atoms with Crippen LogP contribution in [-0.4, -0.2) is 30.8 Å². The Morgan fingerprint density at radius 3 is 2.17 bits per heavy atom. The standard InChI is InChI=1S/C24H32N2O4/c1-2-3-4-5-6-7-8-17-28-22-13-9-20(10-14-22)25-26(27)21-11-15-23(16-12-21)29-18-24-19-30-24/h9-16,24H,2-8,17-19H2,1H3. The molecule has 0 radical (unpaired) electrons. The van der Waals surface area contributed by atoms with Crippen molar-refractivity contribution in [1.82, 2.24) is 0 Å². The van der Waals surface area contributed by atoms with Crippen LogP contribution in [-0.2, 0) is 4.74 Å². The van der Waals surface area contributed by atoms with Crippen LogP contribution >= 0.6 is 0 Å². The zero-order chi connectivity index (χ0) is 21.0. The summed E-state index contributed by atoms with van der Waals surface area (Å²) in [6, 6.07) is 14.2. The molecule has 0 spiro atoms. The molecule has 0 saturated carbocycles. The van der Waals surface area contributed by atoms with Crippen molar-refractivity contribution in [3.63, 3.8) is 0 Å². The molecule has 2 aromatic rings. The number of unbranched alkanes of at least 4 members (excludes halogenated alkanes) is 6. The molecule has 1 atom stereocenters. The molecule has 0 N–H and O–H groups in total. The number of epoxide rings is 1. The van der Waals surface area contributed by atoms with Gasteiger partial charge in [0, 0.05) is 17.2 Å². The first-order valence-corrected chi connectivity index (χ1v) is 11.0. The van der Waals surface area contributed by atoms with Crippen molar-refractivity contribution >= 4 is 11.4 Å². The number of hydrogen-bond donors (Lipinski definition) is 0. The Bertz CT molecular complexity index is 771. The first kappa shape index (κ1) is 22.1. The molecule has 0 aromatic heterocycles. The Hall–Kier alpha value is -2.60. The number of ether oxygens (including phenoxy) is 3. The number of benzene rings is 2. The van der Waals surface area contributed by atoms with Crippen molar-refractivity contribution in [2.75, 3.05) is 19.8 Å². The van der Waals surface area contributed by atoms with Crippen LogP contribution in [0.3, 0.4) is 0 Å². The molecule has 6 heteroatoms. The van der Waals surface area contributed by atoms with Gasteiger partial charge in [-0.2, -0.15) is 0 Å². The molecule has 6 nitrogen and oxygen atoms in total. The molecule has 162 valence electrons. The second kappa shape index (κ2) is 12.2. The second-order valence-corrected chi connectivity index (χ2v) is 7.60. The minimum absolute atomic E-state index is 0.207. The van der Waals surface area contributed by atoms with Gasteiger partial charge in [0.05, 0.1) is 13.2 Å². The summed E-state index contributed by atoms with van der Waals surface area (Å²) in [5.41, 5.74) is 1.03. The average Bonchev–Trinajstić information content (AvgIpc) is 3.60. The lowest BCUT2D eigenvalue weighted by molar-refractivity contribution is -0.435. The monoisotopic (exact) mass is 412 g/mol. The van der Waals surface area contributed by atoms with Gasteiger partial charge in [-0.15, -0.1) is 0 Å². The van der Waals surface area contributed by atoms with E-state index in [-0.39, 0.29) is 6.10 Å². The van der Waals surface area contributed by atoms with Gasteiger partial charge in [0.2, 0.25) is 5.69 Å². The highest BCUT2D eigenvalue weighted by atomic mass is 16.6. The van der Waals surface area contributed by atoms with Gasteiger partial charge in [-0.05, 0) is 42.8 Å². The third kappa shape index (κ3) is 8.03. The maximum absolute atomic E-state index is 12.3. The zero-order valence-corrected chi connectivity index (χ0v) is 17.8. The summed E-state index contributed by atoms with van der Waals surface area (Å²) in [5.74, 6) is 1.52. The van der Waals surface area contributed by atoms with Gasteiger partial charge in [0.25, 0.3) is 0 Å². The van der Waals surface area contributed by atoms with Gasteiger partial charge < -0.3 is 19.4 Å². The molecule has 1 heterocycles. The molecule has 1 aliphatic rings. The molecule has 1 saturated heterocycles. The Labute approximate surface area is 179 Å². The molecule has 1 aliphatic heterocycles. The summed E-state index contributed by atoms with van der Waals surface area (Å²) in [6.45, 7) is 4.26. The highest BCUT2D eigenvalue weighted by Crippen LogP contribution is 2.23. The Kier molecular flexibility index (Phi) is 8.97. The summed E-state index contributed by atoms with van der Waals surface area (Å²) in [4.78, 5) is 0.613. The molecule has 1 fully saturated rings. The highest BCUT2D eigenvalue weighted by Gasteiger charge is 2.23. The molecular weight excluding hydrogens is 380 g/mol. The number of nitrogens with zero attached hydrogens (tertiary/aromatic N) is 2. The van der Waals surface area contributed by atoms with Crippen molar-refractivity contribution in [3.8, 4) is 11.5 Å². The molecule has 1 unspecified atom stereocenters. The molecule has 0 bridgehead atoms. The third-order valence-electron chi connectivity index (χ3n) is 4.96. The summed E-state index contributed by atoms with van der Waals surface area (Å²) < 4.78 is 16.5. The smallest absolute Gasteiger partial charge is 0.245 e. The zero-order valence-electron chi connectivity index (χ0n) is 17.8. The van der Waals surface area contributed by atoms with Gasteiger partial charge in [0.1, 0.15) is 29.9 Å². The quantitative estimate of drug-likeness (QED) is 0.116. The second-order valence-electron chi connectivity index (χ2n) is 7.60. The maximum Gasteiger partial charge on any atom is 0.245 e. The molecule has 3 rings (SSSR count). The van der Waals surface area contributed by atoms with Crippen LogP contribution < -0.4 is 9.47 Å². The van der Waals surface area contributed by atoms with Gasteiger partial charge >= 0.3 is 0 Å². The molecule has 0 amide bonds. The van der Waals surface area contributed by atoms with Crippen molar-refractivity contribution in [3.05, 3.63) is 53.7 Å². The first-order valence-electron chi connectivity index (χ1n) is 11.0. The minimum atomic E-state index is 0.207. The van der Waals surface area contributed by atoms with Gasteiger partial charge in [-0.3, -0.25) is 0 Å². The predicted octanol–water partition coefficient (Wildman–Crippen LogP) is 6.52. The summed E-state index contributed by atoms with van der Waals surface area (Å²) in [6.07, 6.45) is 9.05. The van der Waals surface area contributed by atoms with E-state index in [1.807, 2.05) is 12.1 Å². The number of hydrogen-bond acceptors (Lipinski definition) is 5. The minimum Gasteiger partial charge on any atom is -0.594 e. The van der Waals surface area contributed by atoms with E-state index in [0.717, 1.165) is 25.4 Å². The Balaban J connectivity index is 1.39. The average molecular weight is 413 g/mol. The Morgan fingerprint density at radius 2 is 1.50 bits per heavy atom. The largest absolute Gasteiger partial charge is 0.594 e. The van der Waals surface area contributed by atoms with E-state index < -0.39 is 0 Å². The van der Waals surface area contributed by atoms with Crippen LogP contribution in [0.4, 0.5) is 11.4 Å². The third-order valence-corrected chi connectivity index (χ3v) is 4.96. The van der Waals surface area contributed by atoms with Crippen molar-refractivity contribution < 1.29 is 19.1 Å². The number of azo groups is 1. The van der Waals surface area contributed by atoms with Crippen LogP contribution in [0, 0.1) is 5.21 Å². The van der Waals surface area contributed by atoms with Gasteiger partial charge in [0.15, 0.2) is 0 Å². The van der Waals surface area contributed by atoms with Gasteiger partial charge in [-0.25, -0.2) is 0 Å². The van der Waals surface area contributed by atoms with Crippen molar-refractivity contribution in [2.24, 2.45) is 5.11 Å². The normalized spacial score (nSPS) is 15.8. The lowest BCUT2D eigenvalue weighted by Crippen LogP contribution is -2.03. The van der Waals surface area contributed by atoms with E-state index in [9.17, 15) is 5.21 Å². The molecule has 30 heavy (non-hydrogen) atoms. The fourth-order valence-electron chi connectivity index (χ4n) is 3.04. The van der Waals surface area contributed by atoms with Crippen LogP contribution in [0.25, 0.3) is 0 Å². The summed E-state index contributed by atoms with van der Waals surface area (Å²) in [7, 11) is 0. The summed E-state index contributed by atoms with van der Waals surface area (Å²) in [5, 5.41) is 16.4. The Morgan fingerprint density at radius 1 is 0.900 bits per heavy atom. The SMILES string of the molecule is CCCCCCCCCOc1ccc(N=[N+]([O-])c2ccc(OCC3CO3)cc2)cc1. The van der Waals surface area contributed by atoms with E-state index >= 15 is 0 Å². The lowest BCUT2D eigenvalue weighted by Gasteiger charge is -2.06. The molecule has 2 aromatic carbocycles. The predicted molar refractivity (Wildman–Crippen MR) is 117 cm³/mol. The van der Waals surface area contributed by atoms with Crippen LogP contribution in [0.2, 0.25) is 0 Å². The fraction of sp³-hybridized carbons (Fsp3) is 0.500. The first-order chi connectivity index (χ1) is 14.7. The van der Waals surface area contributed by atoms with Crippen LogP contribution in [0.15, 0.2) is 53.6 Å². The van der Waals surface area contributed by atoms with E-state index in [0.29, 0.717) is 28.6 Å². The van der Waals surface area contributed by atoms with E-state index in [1.165, 1.54) is 38.5 Å². The highest BCUT2D eigenvalue weighted by molar-refractivity contribution is 5.41. The van der Waals surface area contributed by atoms with E-state index in [4.69, 9.17) is 14.2 Å². The van der Waals surface area contributed by atoms with Crippen LogP contribution in [0.1, 0.15) is 51.9 Å². The van der Waals surface area contributed by atoms with Crippen molar-refractivity contribution in [1.29, 1.82) is 0 Å². The topological polar surface area (TPSA) is 69.4 Å². The van der Waals surface area contributed by atoms with E-state index in [2.05, 4.69) is 12.0 Å². The van der Waals surface area contributed by atoms with E-state index in [1.54, 1.807) is 36.4 Å². The molecule has 0 aliphatic carbocycles.